The number of carbonyl (C=O) groups excluding carboxylic acids is 3. The first-order valence-corrected chi connectivity index (χ1v) is 13.9. The van der Waals surface area contributed by atoms with E-state index in [2.05, 4.69) is 31.6 Å². The van der Waals surface area contributed by atoms with Gasteiger partial charge in [-0.3, -0.25) is 9.59 Å². The highest BCUT2D eigenvalue weighted by atomic mass is 19.1. The Bertz CT molecular complexity index is 1120. The fourth-order valence-electron chi connectivity index (χ4n) is 4.64. The van der Waals surface area contributed by atoms with Gasteiger partial charge in [0.15, 0.2) is 0 Å². The summed E-state index contributed by atoms with van der Waals surface area (Å²) >= 11 is 0. The monoisotopic (exact) mass is 552 g/mol. The topological polar surface area (TPSA) is 99.8 Å². The zero-order valence-corrected chi connectivity index (χ0v) is 24.6. The first kappa shape index (κ1) is 33.0. The molecule has 0 spiro atoms. The predicted octanol–water partition coefficient (Wildman–Crippen LogP) is 1.27. The lowest BCUT2D eigenvalue weighted by Gasteiger charge is -2.28. The average Bonchev–Trinajstić information content (AvgIpc) is 2.92. The lowest BCUT2D eigenvalue weighted by molar-refractivity contribution is -0.133. The van der Waals surface area contributed by atoms with Crippen LogP contribution in [0.25, 0.3) is 0 Å². The molecule has 0 heterocycles. The second kappa shape index (κ2) is 16.8. The first-order chi connectivity index (χ1) is 19.1. The van der Waals surface area contributed by atoms with E-state index >= 15 is 4.39 Å². The molecule has 0 fully saturated rings. The zero-order valence-electron chi connectivity index (χ0n) is 24.6. The maximum atomic E-state index is 15.5. The molecule has 0 aromatic heterocycles. The highest BCUT2D eigenvalue weighted by Crippen LogP contribution is 2.25. The van der Waals surface area contributed by atoms with Crippen LogP contribution in [0.2, 0.25) is 0 Å². The molecule has 3 unspecified atom stereocenters. The van der Waals surface area contributed by atoms with E-state index in [1.165, 1.54) is 11.9 Å². The summed E-state index contributed by atoms with van der Waals surface area (Å²) in [5.74, 6) is -0.228. The van der Waals surface area contributed by atoms with E-state index in [1.54, 1.807) is 12.1 Å². The van der Waals surface area contributed by atoms with Crippen molar-refractivity contribution in [1.82, 2.24) is 15.5 Å². The molecule has 0 bridgehead atoms. The third kappa shape index (κ3) is 10.1. The van der Waals surface area contributed by atoms with Crippen LogP contribution in [-0.2, 0) is 38.6 Å². The molecular weight excluding hydrogens is 509 g/mol. The fourth-order valence-corrected chi connectivity index (χ4v) is 4.64. The van der Waals surface area contributed by atoms with Crippen molar-refractivity contribution >= 4 is 40.0 Å². The molecule has 2 aromatic rings. The van der Waals surface area contributed by atoms with Crippen molar-refractivity contribution in [3.63, 3.8) is 0 Å². The molecule has 11 heteroatoms. The zero-order chi connectivity index (χ0) is 29.7. The van der Waals surface area contributed by atoms with Gasteiger partial charge in [0, 0.05) is 50.8 Å². The molecule has 0 aliphatic carbocycles. The Hall–Kier alpha value is -3.17. The van der Waals surface area contributed by atoms with Crippen LogP contribution in [-0.4, -0.2) is 76.9 Å². The molecule has 8 nitrogen and oxygen atoms in total. The Morgan fingerprint density at radius 1 is 1.10 bits per heavy atom. The van der Waals surface area contributed by atoms with Gasteiger partial charge in [-0.1, -0.05) is 36.2 Å². The van der Waals surface area contributed by atoms with Crippen molar-refractivity contribution in [2.75, 3.05) is 18.9 Å². The second-order valence-corrected chi connectivity index (χ2v) is 10.5. The van der Waals surface area contributed by atoms with Gasteiger partial charge in [0.1, 0.15) is 33.8 Å². The van der Waals surface area contributed by atoms with Gasteiger partial charge in [-0.25, -0.2) is 4.39 Å². The quantitative estimate of drug-likeness (QED) is 0.191. The van der Waals surface area contributed by atoms with Crippen molar-refractivity contribution in [2.45, 2.75) is 77.2 Å². The van der Waals surface area contributed by atoms with E-state index in [9.17, 15) is 14.4 Å². The summed E-state index contributed by atoms with van der Waals surface area (Å²) in [5.41, 5.74) is 3.59. The number of aryl methyl sites for hydroxylation is 1. The number of anilines is 1. The van der Waals surface area contributed by atoms with Crippen LogP contribution < -0.4 is 16.0 Å². The van der Waals surface area contributed by atoms with Crippen LogP contribution in [0, 0.1) is 12.7 Å². The Morgan fingerprint density at radius 3 is 2.45 bits per heavy atom. The van der Waals surface area contributed by atoms with Gasteiger partial charge in [-0.05, 0) is 49.9 Å². The lowest BCUT2D eigenvalue weighted by Crippen LogP contribution is -2.45. The number of hydrogen-bond acceptors (Lipinski definition) is 6. The minimum atomic E-state index is -0.776. The fraction of sp³-hybridized carbons (Fsp3) is 0.483. The normalized spacial score (nSPS) is 13.3. The van der Waals surface area contributed by atoms with Crippen LogP contribution in [0.4, 0.5) is 10.1 Å². The maximum Gasteiger partial charge on any atom is 0.242 e. The van der Waals surface area contributed by atoms with E-state index in [4.69, 9.17) is 4.74 Å². The summed E-state index contributed by atoms with van der Waals surface area (Å²) in [5, 5.41) is 9.25. The molecule has 0 aliphatic heterocycles. The summed E-state index contributed by atoms with van der Waals surface area (Å²) in [4.78, 5) is 36.8. The molecule has 3 N–H and O–H groups in total. The number of amides is 2. The Labute approximate surface area is 239 Å². The van der Waals surface area contributed by atoms with E-state index in [1.807, 2.05) is 45.0 Å². The Balaban J connectivity index is 2.16. The molecule has 0 aliphatic rings. The molecule has 2 rings (SSSR count). The van der Waals surface area contributed by atoms with Crippen LogP contribution in [0.5, 0.6) is 0 Å². The van der Waals surface area contributed by atoms with Crippen LogP contribution in [0.3, 0.4) is 0 Å². The summed E-state index contributed by atoms with van der Waals surface area (Å²) in [6, 6.07) is 10.3. The van der Waals surface area contributed by atoms with Crippen molar-refractivity contribution < 1.29 is 23.5 Å². The maximum absolute atomic E-state index is 15.5. The van der Waals surface area contributed by atoms with Crippen molar-refractivity contribution in [3.05, 3.63) is 64.5 Å². The smallest absolute Gasteiger partial charge is 0.242 e. The van der Waals surface area contributed by atoms with Gasteiger partial charge in [0.25, 0.3) is 0 Å². The van der Waals surface area contributed by atoms with Gasteiger partial charge >= 0.3 is 0 Å². The van der Waals surface area contributed by atoms with Crippen LogP contribution >= 0.6 is 0 Å². The molecule has 2 aromatic carbocycles. The number of ether oxygens (including phenoxy) is 1. The van der Waals surface area contributed by atoms with E-state index in [-0.39, 0.29) is 49.9 Å². The number of aldehydes is 1. The van der Waals surface area contributed by atoms with E-state index in [0.29, 0.717) is 29.8 Å². The number of carbonyl (C=O) groups is 3. The second-order valence-electron chi connectivity index (χ2n) is 10.5. The molecule has 40 heavy (non-hydrogen) atoms. The Kier molecular flexibility index (Phi) is 13.9. The molecule has 0 saturated heterocycles. The summed E-state index contributed by atoms with van der Waals surface area (Å²) in [7, 11) is 5.67. The number of benzene rings is 2. The van der Waals surface area contributed by atoms with Gasteiger partial charge in [-0.2, -0.15) is 0 Å². The number of hydrogen-bond donors (Lipinski definition) is 3. The lowest BCUT2D eigenvalue weighted by atomic mass is 9.79. The van der Waals surface area contributed by atoms with Crippen molar-refractivity contribution in [2.24, 2.45) is 0 Å². The molecule has 0 saturated carbocycles. The minimum Gasteiger partial charge on any atom is -0.381 e. The molecular formula is C29H43B2FN4O4. The van der Waals surface area contributed by atoms with Crippen LogP contribution in [0.1, 0.15) is 48.9 Å². The minimum absolute atomic E-state index is 0.0115. The molecule has 0 radical (unpaired) electrons. The predicted molar refractivity (Wildman–Crippen MR) is 162 cm³/mol. The third-order valence-electron chi connectivity index (χ3n) is 6.81. The Morgan fingerprint density at radius 2 is 1.80 bits per heavy atom. The van der Waals surface area contributed by atoms with Gasteiger partial charge in [0.05, 0.1) is 12.2 Å². The summed E-state index contributed by atoms with van der Waals surface area (Å²) in [6.07, 6.45) is 2.08. The average molecular weight is 552 g/mol. The largest absolute Gasteiger partial charge is 0.381 e. The van der Waals surface area contributed by atoms with Gasteiger partial charge in [-0.15, -0.1) is 0 Å². The van der Waals surface area contributed by atoms with Gasteiger partial charge in [0.2, 0.25) is 12.3 Å². The molecule has 3 atom stereocenters. The number of nitrogens with zero attached hydrogens (tertiary/aromatic N) is 1. The third-order valence-corrected chi connectivity index (χ3v) is 6.81. The number of likely N-dealkylation sites (N-methyl/N-ethyl adjacent to an activating group) is 1. The summed E-state index contributed by atoms with van der Waals surface area (Å²) in [6.45, 7) is 7.02. The number of rotatable bonds is 18. The SMILES string of the molecule is BC(B)NCC(C)OC(C)Cc1cccc(CNc2cccc(C)c2CN(C=O)C(CCC=O)C(=O)NC)c1F. The molecule has 2 amide bonds. The van der Waals surface area contributed by atoms with E-state index < -0.39 is 6.04 Å². The highest BCUT2D eigenvalue weighted by Gasteiger charge is 2.25. The van der Waals surface area contributed by atoms with Crippen molar-refractivity contribution in [1.29, 1.82) is 0 Å². The number of halogens is 1. The van der Waals surface area contributed by atoms with E-state index in [0.717, 1.165) is 29.6 Å². The highest BCUT2D eigenvalue weighted by molar-refractivity contribution is 6.35. The standard InChI is InChI=1S/C29H43B2FN4O4/c1-19-8-5-11-25(24(19)17-36(18-38)26(12-7-13-37)28(39)33-4)34-16-23-10-6-9-22(27(23)32)14-20(2)40-21(3)15-35-29(30)31/h5-6,8-11,13,18,20-21,26,29,34-35H,7,12,14-17,30-31H2,1-4H3,(H,33,39). The van der Waals surface area contributed by atoms with Crippen LogP contribution in [0.15, 0.2) is 36.4 Å². The number of nitrogens with one attached hydrogen (secondary N) is 3. The van der Waals surface area contributed by atoms with Crippen molar-refractivity contribution in [3.8, 4) is 0 Å². The van der Waals surface area contributed by atoms with Gasteiger partial charge < -0.3 is 30.4 Å². The first-order valence-electron chi connectivity index (χ1n) is 13.9. The molecule has 216 valence electrons. The summed E-state index contributed by atoms with van der Waals surface area (Å²) < 4.78 is 21.5.